The van der Waals surface area contributed by atoms with E-state index in [9.17, 15) is 13.2 Å². The predicted molar refractivity (Wildman–Crippen MR) is 104 cm³/mol. The minimum atomic E-state index is -4.77. The third-order valence-corrected chi connectivity index (χ3v) is 4.27. The van der Waals surface area contributed by atoms with Crippen LogP contribution in [0.4, 0.5) is 30.2 Å². The van der Waals surface area contributed by atoms with Crippen LogP contribution in [0.5, 0.6) is 5.75 Å². The zero-order valence-corrected chi connectivity index (χ0v) is 16.3. The van der Waals surface area contributed by atoms with Crippen LogP contribution in [-0.4, -0.2) is 38.2 Å². The molecule has 0 saturated carbocycles. The van der Waals surface area contributed by atoms with Crippen LogP contribution in [-0.2, 0) is 0 Å². The summed E-state index contributed by atoms with van der Waals surface area (Å²) in [4.78, 5) is 7.86. The number of rotatable bonds is 6. The van der Waals surface area contributed by atoms with E-state index in [-0.39, 0.29) is 11.4 Å². The topological polar surface area (TPSA) is 28.1 Å². The van der Waals surface area contributed by atoms with Crippen LogP contribution in [0.15, 0.2) is 41.4 Å². The lowest BCUT2D eigenvalue weighted by atomic mass is 10.1. The van der Waals surface area contributed by atoms with E-state index < -0.39 is 6.36 Å². The molecule has 0 atom stereocenters. The van der Waals surface area contributed by atoms with Gasteiger partial charge in [-0.05, 0) is 43.7 Å². The Kier molecular flexibility index (Phi) is 6.59. The van der Waals surface area contributed by atoms with Gasteiger partial charge in [0.1, 0.15) is 0 Å². The summed E-state index contributed by atoms with van der Waals surface area (Å²) in [6.45, 7) is 4.65. The molecule has 27 heavy (non-hydrogen) atoms. The van der Waals surface area contributed by atoms with E-state index in [0.717, 1.165) is 12.1 Å². The molecule has 0 bridgehead atoms. The number of anilines is 2. The largest absolute Gasteiger partial charge is 0.573 e. The minimum Gasteiger partial charge on any atom is -0.404 e. The molecule has 2 aromatic carbocycles. The van der Waals surface area contributed by atoms with Crippen molar-refractivity contribution in [1.29, 1.82) is 0 Å². The lowest BCUT2D eigenvalue weighted by Gasteiger charge is -2.25. The van der Waals surface area contributed by atoms with Crippen molar-refractivity contribution in [2.75, 3.05) is 25.5 Å². The Bertz CT molecular complexity index is 824. The highest BCUT2D eigenvalue weighted by Crippen LogP contribution is 2.39. The van der Waals surface area contributed by atoms with Crippen molar-refractivity contribution in [1.82, 2.24) is 4.90 Å². The van der Waals surface area contributed by atoms with E-state index in [2.05, 4.69) is 9.73 Å². The summed E-state index contributed by atoms with van der Waals surface area (Å²) in [6, 6.07) is 9.43. The van der Waals surface area contributed by atoms with Crippen molar-refractivity contribution >= 4 is 35.0 Å². The molecule has 0 radical (unpaired) electrons. The van der Waals surface area contributed by atoms with Gasteiger partial charge in [0.25, 0.3) is 0 Å². The van der Waals surface area contributed by atoms with E-state index >= 15 is 0 Å². The summed E-state index contributed by atoms with van der Waals surface area (Å²) in [5.74, 6) is -0.283. The molecule has 0 heterocycles. The quantitative estimate of drug-likeness (QED) is 0.445. The summed E-state index contributed by atoms with van der Waals surface area (Å²) >= 11 is 6.34. The average Bonchev–Trinajstić information content (AvgIpc) is 2.60. The smallest absolute Gasteiger partial charge is 0.404 e. The van der Waals surface area contributed by atoms with Gasteiger partial charge in [-0.25, -0.2) is 4.99 Å². The Labute approximate surface area is 161 Å². The van der Waals surface area contributed by atoms with Gasteiger partial charge in [0.15, 0.2) is 5.75 Å². The van der Waals surface area contributed by atoms with E-state index in [1.54, 1.807) is 42.6 Å². The Morgan fingerprint density at radius 3 is 2.44 bits per heavy atom. The Morgan fingerprint density at radius 1 is 1.15 bits per heavy atom. The lowest BCUT2D eigenvalue weighted by Crippen LogP contribution is -2.20. The molecule has 2 rings (SSSR count). The average molecular weight is 400 g/mol. The second kappa shape index (κ2) is 8.52. The van der Waals surface area contributed by atoms with Gasteiger partial charge in [0.05, 0.1) is 22.7 Å². The third kappa shape index (κ3) is 5.53. The third-order valence-electron chi connectivity index (χ3n) is 3.97. The summed E-state index contributed by atoms with van der Waals surface area (Å²) in [5.41, 5.74) is 2.33. The van der Waals surface area contributed by atoms with Gasteiger partial charge in [-0.2, -0.15) is 0 Å². The zero-order chi connectivity index (χ0) is 20.2. The molecule has 0 spiro atoms. The number of hydrogen-bond donors (Lipinski definition) is 0. The number of alkyl halides is 3. The maximum atomic E-state index is 12.7. The predicted octanol–water partition coefficient (Wildman–Crippen LogP) is 5.93. The van der Waals surface area contributed by atoms with Crippen molar-refractivity contribution < 1.29 is 17.9 Å². The van der Waals surface area contributed by atoms with Crippen molar-refractivity contribution in [3.8, 4) is 5.75 Å². The van der Waals surface area contributed by atoms with Crippen molar-refractivity contribution in [3.63, 3.8) is 0 Å². The number of hydrogen-bond acceptors (Lipinski definition) is 3. The molecule has 0 aromatic heterocycles. The number of halogens is 4. The van der Waals surface area contributed by atoms with Crippen LogP contribution >= 0.6 is 11.6 Å². The maximum Gasteiger partial charge on any atom is 0.573 e. The highest BCUT2D eigenvalue weighted by molar-refractivity contribution is 6.33. The second-order valence-corrected chi connectivity index (χ2v) is 6.39. The van der Waals surface area contributed by atoms with Crippen molar-refractivity contribution in [3.05, 3.63) is 47.0 Å². The molecule has 8 heteroatoms. The molecule has 0 aliphatic carbocycles. The molecule has 146 valence electrons. The number of aryl methyl sites for hydroxylation is 1. The molecular weight excluding hydrogens is 379 g/mol. The summed E-state index contributed by atoms with van der Waals surface area (Å²) in [5, 5.41) is 0.400. The first-order valence-corrected chi connectivity index (χ1v) is 8.63. The summed E-state index contributed by atoms with van der Waals surface area (Å²) in [7, 11) is 3.55. The van der Waals surface area contributed by atoms with Gasteiger partial charge in [-0.3, -0.25) is 0 Å². The molecular formula is C19H21ClF3N3O. The second-order valence-electron chi connectivity index (χ2n) is 5.98. The van der Waals surface area contributed by atoms with Crippen LogP contribution < -0.4 is 9.64 Å². The van der Waals surface area contributed by atoms with E-state index in [1.807, 2.05) is 25.8 Å². The Balaban J connectivity index is 2.39. The van der Waals surface area contributed by atoms with Gasteiger partial charge < -0.3 is 14.5 Å². The molecule has 0 saturated heterocycles. The molecule has 0 N–H and O–H groups in total. The number of aliphatic imine (C=N–C) groups is 1. The van der Waals surface area contributed by atoms with Gasteiger partial charge in [-0.1, -0.05) is 23.7 Å². The fourth-order valence-corrected chi connectivity index (χ4v) is 2.64. The highest BCUT2D eigenvalue weighted by Gasteiger charge is 2.32. The number of ether oxygens (including phenoxy) is 1. The first kappa shape index (κ1) is 20.9. The van der Waals surface area contributed by atoms with E-state index in [0.29, 0.717) is 16.4 Å². The van der Waals surface area contributed by atoms with Crippen LogP contribution in [0.1, 0.15) is 12.5 Å². The van der Waals surface area contributed by atoms with Crippen LogP contribution in [0.3, 0.4) is 0 Å². The van der Waals surface area contributed by atoms with E-state index in [4.69, 9.17) is 11.6 Å². The molecule has 2 aromatic rings. The molecule has 0 amide bonds. The Hall–Kier alpha value is -2.41. The minimum absolute atomic E-state index is 0.274. The standard InChI is InChI=1S/C19H21ClF3N3O/c1-5-25(3)12-24-15-10-13(2)17(11-14(15)20)26(4)16-8-6-7-9-18(16)27-19(21,22)23/h6-12H,5H2,1-4H3/b24-12-. The molecule has 0 unspecified atom stereocenters. The molecule has 0 aliphatic heterocycles. The summed E-state index contributed by atoms with van der Waals surface area (Å²) < 4.78 is 42.2. The number of benzene rings is 2. The van der Waals surface area contributed by atoms with Crippen LogP contribution in [0.25, 0.3) is 0 Å². The molecule has 0 fully saturated rings. The van der Waals surface area contributed by atoms with Crippen molar-refractivity contribution in [2.24, 2.45) is 4.99 Å². The van der Waals surface area contributed by atoms with Crippen LogP contribution in [0.2, 0.25) is 5.02 Å². The van der Waals surface area contributed by atoms with E-state index in [1.165, 1.54) is 12.1 Å². The fraction of sp³-hybridized carbons (Fsp3) is 0.316. The maximum absolute atomic E-state index is 12.7. The zero-order valence-electron chi connectivity index (χ0n) is 15.5. The highest BCUT2D eigenvalue weighted by atomic mass is 35.5. The first-order chi connectivity index (χ1) is 12.6. The van der Waals surface area contributed by atoms with Crippen LogP contribution in [0, 0.1) is 6.92 Å². The molecule has 4 nitrogen and oxygen atoms in total. The Morgan fingerprint density at radius 2 is 1.81 bits per heavy atom. The fourth-order valence-electron chi connectivity index (χ4n) is 2.43. The number of nitrogens with zero attached hydrogens (tertiary/aromatic N) is 3. The monoisotopic (exact) mass is 399 g/mol. The first-order valence-electron chi connectivity index (χ1n) is 8.25. The lowest BCUT2D eigenvalue weighted by molar-refractivity contribution is -0.274. The van der Waals surface area contributed by atoms with Gasteiger partial charge in [0, 0.05) is 26.3 Å². The van der Waals surface area contributed by atoms with Gasteiger partial charge >= 0.3 is 6.36 Å². The SMILES string of the molecule is CCN(C)/C=N\c1cc(C)c(N(C)c2ccccc2OC(F)(F)F)cc1Cl. The number of para-hydroxylation sites is 2. The molecule has 0 aliphatic rings. The van der Waals surface area contributed by atoms with Crippen molar-refractivity contribution in [2.45, 2.75) is 20.2 Å². The van der Waals surface area contributed by atoms with Gasteiger partial charge in [-0.15, -0.1) is 13.2 Å². The summed E-state index contributed by atoms with van der Waals surface area (Å²) in [6.07, 6.45) is -3.09. The van der Waals surface area contributed by atoms with Gasteiger partial charge in [0.2, 0.25) is 0 Å². The normalized spacial score (nSPS) is 11.7.